The zero-order chi connectivity index (χ0) is 16.8. The summed E-state index contributed by atoms with van der Waals surface area (Å²) in [6, 6.07) is 5.15. The Morgan fingerprint density at radius 3 is 2.92 bits per heavy atom. The maximum atomic E-state index is 12.9. The summed E-state index contributed by atoms with van der Waals surface area (Å²) < 4.78 is 5.30. The zero-order valence-corrected chi connectivity index (χ0v) is 13.6. The van der Waals surface area contributed by atoms with E-state index in [2.05, 4.69) is 0 Å². The molecule has 0 N–H and O–H groups in total. The van der Waals surface area contributed by atoms with Crippen molar-refractivity contribution in [3.05, 3.63) is 29.3 Å². The first kappa shape index (κ1) is 15.2. The van der Waals surface area contributed by atoms with Gasteiger partial charge in [-0.15, -0.1) is 0 Å². The highest BCUT2D eigenvalue weighted by atomic mass is 16.5. The standard InChI is InChI=1S/C18H20N2O4/c1-24-12-5-6-13-11(9-12)7-8-19-17(13)14-3-2-4-15(18(19)23)20(14)16(22)10-21/h5-6,9-10,14-15,17H,2-4,7-8H2,1H3. The molecule has 6 nitrogen and oxygen atoms in total. The third-order valence-corrected chi connectivity index (χ3v) is 5.59. The van der Waals surface area contributed by atoms with Crippen LogP contribution in [0, 0.1) is 0 Å². The van der Waals surface area contributed by atoms with E-state index in [1.165, 1.54) is 0 Å². The number of hydrogen-bond acceptors (Lipinski definition) is 4. The van der Waals surface area contributed by atoms with Crippen LogP contribution in [-0.4, -0.2) is 53.6 Å². The van der Waals surface area contributed by atoms with Crippen LogP contribution in [0.3, 0.4) is 0 Å². The van der Waals surface area contributed by atoms with E-state index in [1.807, 2.05) is 23.1 Å². The summed E-state index contributed by atoms with van der Waals surface area (Å²) in [7, 11) is 1.64. The van der Waals surface area contributed by atoms with Gasteiger partial charge in [0.05, 0.1) is 19.2 Å². The van der Waals surface area contributed by atoms with Crippen molar-refractivity contribution in [2.75, 3.05) is 13.7 Å². The molecule has 0 saturated carbocycles. The Labute approximate surface area is 140 Å². The summed E-state index contributed by atoms with van der Waals surface area (Å²) in [5.74, 6) is 0.206. The molecule has 126 valence electrons. The van der Waals surface area contributed by atoms with Gasteiger partial charge in [0.2, 0.25) is 12.2 Å². The second-order valence-electron chi connectivity index (χ2n) is 6.67. The number of hydrogen-bond donors (Lipinski definition) is 0. The fourth-order valence-electron chi connectivity index (χ4n) is 4.58. The van der Waals surface area contributed by atoms with Crippen molar-refractivity contribution >= 4 is 18.1 Å². The number of piperazine rings is 1. The van der Waals surface area contributed by atoms with Crippen LogP contribution in [0.2, 0.25) is 0 Å². The van der Waals surface area contributed by atoms with Gasteiger partial charge in [-0.2, -0.15) is 0 Å². The van der Waals surface area contributed by atoms with Crippen LogP contribution in [-0.2, 0) is 20.8 Å². The number of fused-ring (bicyclic) bond motifs is 6. The minimum atomic E-state index is -0.571. The minimum absolute atomic E-state index is 0.0207. The van der Waals surface area contributed by atoms with Crippen molar-refractivity contribution in [1.29, 1.82) is 0 Å². The number of ether oxygens (including phenoxy) is 1. The number of amides is 2. The monoisotopic (exact) mass is 328 g/mol. The molecular formula is C18H20N2O4. The largest absolute Gasteiger partial charge is 0.497 e. The van der Waals surface area contributed by atoms with Gasteiger partial charge in [0.15, 0.2) is 0 Å². The van der Waals surface area contributed by atoms with Crippen LogP contribution in [0.4, 0.5) is 0 Å². The van der Waals surface area contributed by atoms with E-state index in [4.69, 9.17) is 4.74 Å². The molecule has 3 unspecified atom stereocenters. The van der Waals surface area contributed by atoms with Crippen LogP contribution in [0.5, 0.6) is 5.75 Å². The molecule has 3 aliphatic rings. The highest BCUT2D eigenvalue weighted by molar-refractivity contribution is 6.24. The number of aldehydes is 1. The average molecular weight is 328 g/mol. The SMILES string of the molecule is COc1ccc2c(c1)CCN1C(=O)C3CCCC(C21)N3C(=O)C=O. The number of benzene rings is 1. The summed E-state index contributed by atoms with van der Waals surface area (Å²) in [6.45, 7) is 0.653. The molecule has 2 amide bonds. The first-order valence-electron chi connectivity index (χ1n) is 8.40. The molecule has 24 heavy (non-hydrogen) atoms. The molecule has 1 aromatic rings. The molecule has 0 aromatic heterocycles. The molecule has 2 fully saturated rings. The van der Waals surface area contributed by atoms with Crippen LogP contribution >= 0.6 is 0 Å². The van der Waals surface area contributed by atoms with Crippen LogP contribution in [0.15, 0.2) is 18.2 Å². The highest BCUT2D eigenvalue weighted by Crippen LogP contribution is 2.44. The lowest BCUT2D eigenvalue weighted by Crippen LogP contribution is -2.67. The molecule has 2 bridgehead atoms. The van der Waals surface area contributed by atoms with Gasteiger partial charge >= 0.3 is 0 Å². The summed E-state index contributed by atoms with van der Waals surface area (Å²) in [4.78, 5) is 39.7. The summed E-state index contributed by atoms with van der Waals surface area (Å²) in [5, 5.41) is 0. The molecule has 0 spiro atoms. The van der Waals surface area contributed by atoms with Crippen molar-refractivity contribution in [2.45, 2.75) is 43.8 Å². The number of carbonyl (C=O) groups is 3. The number of piperidine rings is 1. The van der Waals surface area contributed by atoms with Crippen LogP contribution in [0.25, 0.3) is 0 Å². The van der Waals surface area contributed by atoms with Gasteiger partial charge in [-0.25, -0.2) is 0 Å². The Morgan fingerprint density at radius 2 is 2.17 bits per heavy atom. The molecule has 0 aliphatic carbocycles. The molecular weight excluding hydrogens is 308 g/mol. The Hall–Kier alpha value is -2.37. The maximum Gasteiger partial charge on any atom is 0.287 e. The van der Waals surface area contributed by atoms with Crippen LogP contribution < -0.4 is 4.74 Å². The van der Waals surface area contributed by atoms with E-state index >= 15 is 0 Å². The van der Waals surface area contributed by atoms with Crippen molar-refractivity contribution in [2.24, 2.45) is 0 Å². The van der Waals surface area contributed by atoms with E-state index < -0.39 is 11.9 Å². The second kappa shape index (κ2) is 5.61. The molecule has 1 aromatic carbocycles. The average Bonchev–Trinajstić information content (AvgIpc) is 2.63. The maximum absolute atomic E-state index is 12.9. The molecule has 4 rings (SSSR count). The molecule has 2 saturated heterocycles. The lowest BCUT2D eigenvalue weighted by molar-refractivity contribution is -0.166. The van der Waals surface area contributed by atoms with Crippen molar-refractivity contribution in [3.63, 3.8) is 0 Å². The number of nitrogens with zero attached hydrogens (tertiary/aromatic N) is 2. The molecule has 3 heterocycles. The number of carbonyl (C=O) groups excluding carboxylic acids is 3. The quantitative estimate of drug-likeness (QED) is 0.602. The number of methoxy groups -OCH3 is 1. The second-order valence-corrected chi connectivity index (χ2v) is 6.67. The fraction of sp³-hybridized carbons (Fsp3) is 0.500. The molecule has 6 heteroatoms. The lowest BCUT2D eigenvalue weighted by atomic mass is 9.78. The molecule has 0 radical (unpaired) electrons. The van der Waals surface area contributed by atoms with E-state index in [0.717, 1.165) is 36.1 Å². The number of rotatable bonds is 2. The normalized spacial score (nSPS) is 28.0. The van der Waals surface area contributed by atoms with Gasteiger partial charge in [-0.3, -0.25) is 14.4 Å². The lowest BCUT2D eigenvalue weighted by Gasteiger charge is -2.55. The third kappa shape index (κ3) is 2.05. The van der Waals surface area contributed by atoms with E-state index in [-0.39, 0.29) is 18.0 Å². The van der Waals surface area contributed by atoms with Crippen molar-refractivity contribution in [1.82, 2.24) is 9.80 Å². The first-order valence-corrected chi connectivity index (χ1v) is 8.40. The van der Waals surface area contributed by atoms with Gasteiger partial charge in [-0.05, 0) is 48.9 Å². The van der Waals surface area contributed by atoms with Gasteiger partial charge in [0.25, 0.3) is 5.91 Å². The Kier molecular flexibility index (Phi) is 3.55. The van der Waals surface area contributed by atoms with E-state index in [9.17, 15) is 14.4 Å². The predicted octanol–water partition coefficient (Wildman–Crippen LogP) is 1.08. The Bertz CT molecular complexity index is 717. The summed E-state index contributed by atoms with van der Waals surface area (Å²) in [6.07, 6.45) is 3.49. The van der Waals surface area contributed by atoms with Gasteiger partial charge in [0, 0.05) is 6.54 Å². The predicted molar refractivity (Wildman–Crippen MR) is 85.5 cm³/mol. The Morgan fingerprint density at radius 1 is 1.33 bits per heavy atom. The topological polar surface area (TPSA) is 66.9 Å². The Balaban J connectivity index is 1.81. The summed E-state index contributed by atoms with van der Waals surface area (Å²) in [5.41, 5.74) is 2.23. The molecule has 3 aliphatic heterocycles. The van der Waals surface area contributed by atoms with Crippen molar-refractivity contribution in [3.8, 4) is 5.75 Å². The van der Waals surface area contributed by atoms with Gasteiger partial charge in [0.1, 0.15) is 11.8 Å². The summed E-state index contributed by atoms with van der Waals surface area (Å²) >= 11 is 0. The van der Waals surface area contributed by atoms with E-state index in [0.29, 0.717) is 19.3 Å². The van der Waals surface area contributed by atoms with Gasteiger partial charge < -0.3 is 14.5 Å². The van der Waals surface area contributed by atoms with E-state index in [1.54, 1.807) is 12.0 Å². The fourth-order valence-corrected chi connectivity index (χ4v) is 4.58. The highest BCUT2D eigenvalue weighted by Gasteiger charge is 2.52. The minimum Gasteiger partial charge on any atom is -0.497 e. The first-order chi connectivity index (χ1) is 11.7. The third-order valence-electron chi connectivity index (χ3n) is 5.59. The van der Waals surface area contributed by atoms with Crippen molar-refractivity contribution < 1.29 is 19.1 Å². The smallest absolute Gasteiger partial charge is 0.287 e. The van der Waals surface area contributed by atoms with Gasteiger partial charge in [-0.1, -0.05) is 6.07 Å². The molecule has 3 atom stereocenters. The zero-order valence-electron chi connectivity index (χ0n) is 13.6. The van der Waals surface area contributed by atoms with Crippen LogP contribution in [0.1, 0.15) is 36.4 Å².